The van der Waals surface area contributed by atoms with Crippen LogP contribution in [0, 0.1) is 0 Å². The van der Waals surface area contributed by atoms with Crippen LogP contribution in [-0.4, -0.2) is 48.5 Å². The number of halogens is 1. The van der Waals surface area contributed by atoms with E-state index in [4.69, 9.17) is 21.1 Å². The number of piperidine rings is 1. The SMILES string of the molecule is O=C(COc1ccccc1Cl)N1CC[C@@]2(CCCO2)C(=O)C1. The molecule has 0 unspecified atom stereocenters. The maximum absolute atomic E-state index is 12.3. The molecule has 5 nitrogen and oxygen atoms in total. The van der Waals surface area contributed by atoms with E-state index in [0.717, 1.165) is 12.8 Å². The van der Waals surface area contributed by atoms with E-state index < -0.39 is 5.60 Å². The highest BCUT2D eigenvalue weighted by Crippen LogP contribution is 2.33. The van der Waals surface area contributed by atoms with Crippen LogP contribution >= 0.6 is 11.6 Å². The van der Waals surface area contributed by atoms with Crippen LogP contribution in [0.1, 0.15) is 19.3 Å². The van der Waals surface area contributed by atoms with Gasteiger partial charge >= 0.3 is 0 Å². The molecule has 1 spiro atoms. The Morgan fingerprint density at radius 1 is 1.36 bits per heavy atom. The second-order valence-corrected chi connectivity index (χ2v) is 6.06. The van der Waals surface area contributed by atoms with Gasteiger partial charge in [-0.2, -0.15) is 0 Å². The lowest BCUT2D eigenvalue weighted by molar-refractivity contribution is -0.153. The number of para-hydroxylation sites is 1. The van der Waals surface area contributed by atoms with Gasteiger partial charge in [0.15, 0.2) is 12.4 Å². The van der Waals surface area contributed by atoms with Gasteiger partial charge in [0.2, 0.25) is 0 Å². The van der Waals surface area contributed by atoms with Crippen molar-refractivity contribution in [1.82, 2.24) is 4.90 Å². The molecule has 2 fully saturated rings. The second-order valence-electron chi connectivity index (χ2n) is 5.65. The summed E-state index contributed by atoms with van der Waals surface area (Å²) in [5.74, 6) is 0.264. The number of ketones is 1. The lowest BCUT2D eigenvalue weighted by atomic mass is 9.87. The van der Waals surface area contributed by atoms with E-state index >= 15 is 0 Å². The number of ether oxygens (including phenoxy) is 2. The van der Waals surface area contributed by atoms with Gasteiger partial charge in [-0.05, 0) is 25.0 Å². The van der Waals surface area contributed by atoms with Crippen LogP contribution < -0.4 is 4.74 Å². The monoisotopic (exact) mass is 323 g/mol. The van der Waals surface area contributed by atoms with Gasteiger partial charge in [0.05, 0.1) is 11.6 Å². The highest BCUT2D eigenvalue weighted by Gasteiger charge is 2.46. The van der Waals surface area contributed by atoms with Crippen LogP contribution in [0.2, 0.25) is 5.02 Å². The lowest BCUT2D eigenvalue weighted by Crippen LogP contribution is -2.54. The largest absolute Gasteiger partial charge is 0.482 e. The summed E-state index contributed by atoms with van der Waals surface area (Å²) in [7, 11) is 0. The molecule has 1 aromatic rings. The minimum atomic E-state index is -0.639. The third-order valence-electron chi connectivity index (χ3n) is 4.27. The van der Waals surface area contributed by atoms with Gasteiger partial charge in [-0.15, -0.1) is 0 Å². The number of hydrogen-bond donors (Lipinski definition) is 0. The van der Waals surface area contributed by atoms with E-state index in [-0.39, 0.29) is 24.8 Å². The number of hydrogen-bond acceptors (Lipinski definition) is 4. The number of carbonyl (C=O) groups is 2. The predicted molar refractivity (Wildman–Crippen MR) is 81.1 cm³/mol. The molecule has 1 aromatic carbocycles. The number of nitrogens with zero attached hydrogens (tertiary/aromatic N) is 1. The molecule has 0 radical (unpaired) electrons. The van der Waals surface area contributed by atoms with Crippen molar-refractivity contribution in [3.05, 3.63) is 29.3 Å². The molecule has 3 rings (SSSR count). The van der Waals surface area contributed by atoms with Crippen molar-refractivity contribution >= 4 is 23.3 Å². The standard InChI is InChI=1S/C16H18ClNO4/c17-12-4-1-2-5-13(12)21-11-15(20)18-8-7-16(14(19)10-18)6-3-9-22-16/h1-2,4-5H,3,6-11H2/t16-/m0/s1. The molecule has 2 heterocycles. The van der Waals surface area contributed by atoms with Crippen molar-refractivity contribution < 1.29 is 19.1 Å². The average molecular weight is 324 g/mol. The summed E-state index contributed by atoms with van der Waals surface area (Å²) in [6.45, 7) is 1.14. The molecule has 2 saturated heterocycles. The van der Waals surface area contributed by atoms with E-state index in [0.29, 0.717) is 30.3 Å². The molecule has 2 aliphatic rings. The van der Waals surface area contributed by atoms with E-state index in [2.05, 4.69) is 0 Å². The molecule has 0 aliphatic carbocycles. The molecule has 0 N–H and O–H groups in total. The van der Waals surface area contributed by atoms with E-state index in [1.54, 1.807) is 24.3 Å². The summed E-state index contributed by atoms with van der Waals surface area (Å²) in [6, 6.07) is 6.99. The smallest absolute Gasteiger partial charge is 0.260 e. The molecule has 1 amide bonds. The third kappa shape index (κ3) is 2.96. The highest BCUT2D eigenvalue weighted by atomic mass is 35.5. The Hall–Kier alpha value is -1.59. The van der Waals surface area contributed by atoms with Gasteiger partial charge in [0.1, 0.15) is 11.4 Å². The van der Waals surface area contributed by atoms with Crippen molar-refractivity contribution in [3.8, 4) is 5.75 Å². The molecule has 2 aliphatic heterocycles. The molecule has 0 saturated carbocycles. The normalized spacial score (nSPS) is 24.8. The fraction of sp³-hybridized carbons (Fsp3) is 0.500. The first kappa shape index (κ1) is 15.3. The van der Waals surface area contributed by atoms with E-state index in [1.807, 2.05) is 0 Å². The average Bonchev–Trinajstić information content (AvgIpc) is 2.99. The van der Waals surface area contributed by atoms with Gasteiger partial charge in [0, 0.05) is 19.6 Å². The fourth-order valence-corrected chi connectivity index (χ4v) is 3.16. The Morgan fingerprint density at radius 3 is 2.86 bits per heavy atom. The number of likely N-dealkylation sites (tertiary alicyclic amines) is 1. The first-order chi connectivity index (χ1) is 10.6. The van der Waals surface area contributed by atoms with Gasteiger partial charge in [-0.25, -0.2) is 0 Å². The Morgan fingerprint density at radius 2 is 2.18 bits per heavy atom. The number of Topliss-reactive ketones (excluding diaryl/α,β-unsaturated/α-hetero) is 1. The molecule has 22 heavy (non-hydrogen) atoms. The Balaban J connectivity index is 1.55. The van der Waals surface area contributed by atoms with Gasteiger partial charge in [-0.3, -0.25) is 9.59 Å². The van der Waals surface area contributed by atoms with Crippen molar-refractivity contribution in [2.45, 2.75) is 24.9 Å². The van der Waals surface area contributed by atoms with Crippen LogP contribution in [0.25, 0.3) is 0 Å². The van der Waals surface area contributed by atoms with Crippen molar-refractivity contribution in [1.29, 1.82) is 0 Å². The van der Waals surface area contributed by atoms with E-state index in [1.165, 1.54) is 4.90 Å². The zero-order chi connectivity index (χ0) is 15.6. The zero-order valence-corrected chi connectivity index (χ0v) is 13.0. The summed E-state index contributed by atoms with van der Waals surface area (Å²) in [5.41, 5.74) is -0.639. The zero-order valence-electron chi connectivity index (χ0n) is 12.2. The molecule has 6 heteroatoms. The van der Waals surface area contributed by atoms with Crippen molar-refractivity contribution in [2.75, 3.05) is 26.3 Å². The van der Waals surface area contributed by atoms with Crippen LogP contribution in [0.4, 0.5) is 0 Å². The summed E-state index contributed by atoms with van der Waals surface area (Å²) in [4.78, 5) is 26.0. The molecule has 1 atom stereocenters. The van der Waals surface area contributed by atoms with Crippen LogP contribution in [0.3, 0.4) is 0 Å². The fourth-order valence-electron chi connectivity index (χ4n) is 2.97. The summed E-state index contributed by atoms with van der Waals surface area (Å²) in [6.07, 6.45) is 2.25. The molecule has 118 valence electrons. The minimum absolute atomic E-state index is 0.00217. The first-order valence-electron chi connectivity index (χ1n) is 7.43. The Bertz CT molecular complexity index is 583. The van der Waals surface area contributed by atoms with Crippen LogP contribution in [0.5, 0.6) is 5.75 Å². The number of carbonyl (C=O) groups excluding carboxylic acids is 2. The van der Waals surface area contributed by atoms with Crippen molar-refractivity contribution in [2.24, 2.45) is 0 Å². The minimum Gasteiger partial charge on any atom is -0.482 e. The predicted octanol–water partition coefficient (Wildman–Crippen LogP) is 2.07. The molecular formula is C16H18ClNO4. The maximum atomic E-state index is 12.3. The highest BCUT2D eigenvalue weighted by molar-refractivity contribution is 6.32. The number of benzene rings is 1. The van der Waals surface area contributed by atoms with Gasteiger partial charge in [0.25, 0.3) is 5.91 Å². The lowest BCUT2D eigenvalue weighted by Gasteiger charge is -2.37. The number of amides is 1. The maximum Gasteiger partial charge on any atom is 0.260 e. The topological polar surface area (TPSA) is 55.8 Å². The number of rotatable bonds is 3. The Labute approximate surface area is 134 Å². The summed E-state index contributed by atoms with van der Waals surface area (Å²) >= 11 is 5.98. The van der Waals surface area contributed by atoms with E-state index in [9.17, 15) is 9.59 Å². The van der Waals surface area contributed by atoms with Gasteiger partial charge < -0.3 is 14.4 Å². The summed E-state index contributed by atoms with van der Waals surface area (Å²) in [5, 5.41) is 0.461. The quantitative estimate of drug-likeness (QED) is 0.854. The first-order valence-corrected chi connectivity index (χ1v) is 7.81. The third-order valence-corrected chi connectivity index (χ3v) is 4.58. The molecular weight excluding hydrogens is 306 g/mol. The van der Waals surface area contributed by atoms with Crippen LogP contribution in [0.15, 0.2) is 24.3 Å². The summed E-state index contributed by atoms with van der Waals surface area (Å²) < 4.78 is 11.1. The van der Waals surface area contributed by atoms with Crippen LogP contribution in [-0.2, 0) is 14.3 Å². The Kier molecular flexibility index (Phi) is 4.36. The second kappa shape index (κ2) is 6.26. The molecule has 0 bridgehead atoms. The van der Waals surface area contributed by atoms with Crippen molar-refractivity contribution in [3.63, 3.8) is 0 Å². The molecule has 0 aromatic heterocycles. The van der Waals surface area contributed by atoms with Gasteiger partial charge in [-0.1, -0.05) is 23.7 Å².